The van der Waals surface area contributed by atoms with Crippen LogP contribution in [0.25, 0.3) is 0 Å². The zero-order valence-corrected chi connectivity index (χ0v) is 10.6. The van der Waals surface area contributed by atoms with Crippen LogP contribution in [0.5, 0.6) is 0 Å². The molecule has 2 N–H and O–H groups in total. The fourth-order valence-electron chi connectivity index (χ4n) is 1.23. The van der Waals surface area contributed by atoms with Crippen molar-refractivity contribution < 1.29 is 44.7 Å². The third-order valence-corrected chi connectivity index (χ3v) is 2.35. The molecule has 1 aromatic carbocycles. The van der Waals surface area contributed by atoms with E-state index in [-0.39, 0.29) is 5.69 Å². The van der Waals surface area contributed by atoms with Gasteiger partial charge in [0.2, 0.25) is 0 Å². The molecule has 3 amide bonds. The number of hydrogen-bond donors (Lipinski definition) is 2. The van der Waals surface area contributed by atoms with E-state index in [0.29, 0.717) is 11.4 Å². The second kappa shape index (κ2) is 6.01. The molecule has 0 aliphatic heterocycles. The van der Waals surface area contributed by atoms with Crippen LogP contribution in [0.2, 0.25) is 0 Å². The molecular formula is C11H6F8N2O2. The zero-order valence-electron chi connectivity index (χ0n) is 10.6. The number of anilines is 1. The Bertz CT molecular complexity index is 614. The van der Waals surface area contributed by atoms with Crippen LogP contribution >= 0.6 is 0 Å². The van der Waals surface area contributed by atoms with Crippen LogP contribution in [-0.4, -0.2) is 30.0 Å². The Kier molecular flexibility index (Phi) is 4.87. The summed E-state index contributed by atoms with van der Waals surface area (Å²) in [5, 5.41) is 2.23. The standard InChI is InChI=1S/C11H6F8N2O2/c12-5-2-1-3-6(4-5)20-8(23)21-7(22)9(13,14)10(15,16)11(17,18)19/h1-4H,(H2,20,21,22,23). The molecule has 0 atom stereocenters. The van der Waals surface area contributed by atoms with Crippen LogP contribution in [0.1, 0.15) is 0 Å². The lowest BCUT2D eigenvalue weighted by molar-refractivity contribution is -0.343. The van der Waals surface area contributed by atoms with Gasteiger partial charge in [0.1, 0.15) is 5.82 Å². The molecule has 0 bridgehead atoms. The molecule has 4 nitrogen and oxygen atoms in total. The molecule has 128 valence electrons. The number of imide groups is 1. The van der Waals surface area contributed by atoms with E-state index in [9.17, 15) is 44.7 Å². The summed E-state index contributed by atoms with van der Waals surface area (Å²) >= 11 is 0. The highest BCUT2D eigenvalue weighted by atomic mass is 19.4. The maximum absolute atomic E-state index is 12.9. The van der Waals surface area contributed by atoms with Crippen molar-refractivity contribution in [1.29, 1.82) is 0 Å². The maximum Gasteiger partial charge on any atom is 0.460 e. The Morgan fingerprint density at radius 1 is 0.957 bits per heavy atom. The first-order valence-electron chi connectivity index (χ1n) is 5.49. The van der Waals surface area contributed by atoms with Gasteiger partial charge < -0.3 is 5.32 Å². The largest absolute Gasteiger partial charge is 0.460 e. The maximum atomic E-state index is 12.9. The van der Waals surface area contributed by atoms with Gasteiger partial charge >= 0.3 is 30.0 Å². The van der Waals surface area contributed by atoms with E-state index < -0.39 is 35.8 Å². The van der Waals surface area contributed by atoms with Crippen LogP contribution in [0.15, 0.2) is 24.3 Å². The molecule has 23 heavy (non-hydrogen) atoms. The topological polar surface area (TPSA) is 58.2 Å². The van der Waals surface area contributed by atoms with Gasteiger partial charge in [-0.15, -0.1) is 0 Å². The van der Waals surface area contributed by atoms with E-state index in [0.717, 1.165) is 18.2 Å². The van der Waals surface area contributed by atoms with Gasteiger partial charge in [-0.25, -0.2) is 9.18 Å². The van der Waals surface area contributed by atoms with Crippen LogP contribution in [0, 0.1) is 5.82 Å². The molecule has 12 heteroatoms. The molecule has 0 heterocycles. The minimum absolute atomic E-state index is 0.360. The molecule has 0 aliphatic rings. The molecule has 0 aromatic heterocycles. The van der Waals surface area contributed by atoms with Crippen molar-refractivity contribution in [2.45, 2.75) is 18.0 Å². The van der Waals surface area contributed by atoms with Gasteiger partial charge in [0.05, 0.1) is 0 Å². The summed E-state index contributed by atoms with van der Waals surface area (Å²) in [6.07, 6.45) is -6.72. The first-order chi connectivity index (χ1) is 10.3. The average Bonchev–Trinajstić information content (AvgIpc) is 2.36. The number of nitrogens with one attached hydrogen (secondary N) is 2. The zero-order chi connectivity index (χ0) is 18.1. The van der Waals surface area contributed by atoms with Crippen LogP contribution < -0.4 is 10.6 Å². The molecule has 0 unspecified atom stereocenters. The van der Waals surface area contributed by atoms with Gasteiger partial charge in [0.15, 0.2) is 0 Å². The van der Waals surface area contributed by atoms with Gasteiger partial charge in [0.25, 0.3) is 0 Å². The lowest BCUT2D eigenvalue weighted by atomic mass is 10.1. The fourth-order valence-corrected chi connectivity index (χ4v) is 1.23. The van der Waals surface area contributed by atoms with E-state index in [1.165, 1.54) is 0 Å². The van der Waals surface area contributed by atoms with E-state index in [2.05, 4.69) is 0 Å². The normalized spacial score (nSPS) is 12.7. The van der Waals surface area contributed by atoms with E-state index in [4.69, 9.17) is 0 Å². The van der Waals surface area contributed by atoms with Crippen molar-refractivity contribution in [2.75, 3.05) is 5.32 Å². The first-order valence-corrected chi connectivity index (χ1v) is 5.49. The minimum atomic E-state index is -6.72. The predicted octanol–water partition coefficient (Wildman–Crippen LogP) is 3.31. The van der Waals surface area contributed by atoms with Crippen molar-refractivity contribution in [3.8, 4) is 0 Å². The summed E-state index contributed by atoms with van der Waals surface area (Å²) in [6.45, 7) is 0. The predicted molar refractivity (Wildman–Crippen MR) is 59.5 cm³/mol. The van der Waals surface area contributed by atoms with Crippen LogP contribution in [0.3, 0.4) is 0 Å². The lowest BCUT2D eigenvalue weighted by Gasteiger charge is -2.26. The summed E-state index contributed by atoms with van der Waals surface area (Å²) in [7, 11) is 0. The molecule has 0 saturated carbocycles. The van der Waals surface area contributed by atoms with Gasteiger partial charge in [-0.2, -0.15) is 30.7 Å². The second-order valence-electron chi connectivity index (χ2n) is 4.07. The Morgan fingerprint density at radius 2 is 1.52 bits per heavy atom. The number of carbonyl (C=O) groups is 2. The monoisotopic (exact) mass is 350 g/mol. The first kappa shape index (κ1) is 18.6. The number of amides is 3. The molecule has 1 rings (SSSR count). The number of benzene rings is 1. The lowest BCUT2D eigenvalue weighted by Crippen LogP contribution is -2.60. The molecule has 0 aliphatic carbocycles. The highest BCUT2D eigenvalue weighted by Crippen LogP contribution is 2.46. The average molecular weight is 350 g/mol. The molecule has 0 spiro atoms. The molecule has 0 fully saturated rings. The summed E-state index contributed by atoms with van der Waals surface area (Å²) < 4.78 is 99.4. The van der Waals surface area contributed by atoms with Crippen molar-refractivity contribution in [2.24, 2.45) is 0 Å². The Morgan fingerprint density at radius 3 is 2.00 bits per heavy atom. The van der Waals surface area contributed by atoms with Crippen molar-refractivity contribution >= 4 is 17.6 Å². The smallest absolute Gasteiger partial charge is 0.308 e. The highest BCUT2D eigenvalue weighted by Gasteiger charge is 2.76. The molecule has 1 aromatic rings. The summed E-state index contributed by atoms with van der Waals surface area (Å²) in [5.41, 5.74) is -0.360. The van der Waals surface area contributed by atoms with Gasteiger partial charge in [-0.3, -0.25) is 10.1 Å². The van der Waals surface area contributed by atoms with Crippen LogP contribution in [0.4, 0.5) is 45.6 Å². The van der Waals surface area contributed by atoms with E-state index in [1.54, 1.807) is 5.32 Å². The Labute approximate surface area is 122 Å². The van der Waals surface area contributed by atoms with Crippen molar-refractivity contribution in [3.63, 3.8) is 0 Å². The third kappa shape index (κ3) is 3.87. The SMILES string of the molecule is O=C(NC(=O)C(F)(F)C(F)(F)C(F)(F)F)Nc1cccc(F)c1. The Hall–Kier alpha value is -2.40. The van der Waals surface area contributed by atoms with Crippen molar-refractivity contribution in [1.82, 2.24) is 5.32 Å². The third-order valence-electron chi connectivity index (χ3n) is 2.35. The van der Waals surface area contributed by atoms with Gasteiger partial charge in [0, 0.05) is 5.69 Å². The fraction of sp³-hybridized carbons (Fsp3) is 0.273. The number of carbonyl (C=O) groups excluding carboxylic acids is 2. The summed E-state index contributed by atoms with van der Waals surface area (Å²) in [5.74, 6) is -17.0. The summed E-state index contributed by atoms with van der Waals surface area (Å²) in [4.78, 5) is 22.0. The Balaban J connectivity index is 2.84. The quantitative estimate of drug-likeness (QED) is 0.822. The van der Waals surface area contributed by atoms with E-state index in [1.807, 2.05) is 0 Å². The molecular weight excluding hydrogens is 344 g/mol. The number of alkyl halides is 7. The van der Waals surface area contributed by atoms with Crippen molar-refractivity contribution in [3.05, 3.63) is 30.1 Å². The number of rotatable bonds is 3. The van der Waals surface area contributed by atoms with Gasteiger partial charge in [-0.05, 0) is 18.2 Å². The molecule has 0 saturated heterocycles. The van der Waals surface area contributed by atoms with Crippen LogP contribution in [-0.2, 0) is 4.79 Å². The minimum Gasteiger partial charge on any atom is -0.308 e. The second-order valence-corrected chi connectivity index (χ2v) is 4.07. The van der Waals surface area contributed by atoms with E-state index >= 15 is 0 Å². The number of urea groups is 1. The number of halogens is 8. The highest BCUT2D eigenvalue weighted by molar-refractivity contribution is 6.03. The van der Waals surface area contributed by atoms with Gasteiger partial charge in [-0.1, -0.05) is 6.07 Å². The number of hydrogen-bond acceptors (Lipinski definition) is 2. The summed E-state index contributed by atoms with van der Waals surface area (Å²) in [6, 6.07) is 1.87. The molecule has 0 radical (unpaired) electrons.